The molecule has 1 amide bonds. The number of likely N-dealkylation sites (tertiary alicyclic amines) is 1. The summed E-state index contributed by atoms with van der Waals surface area (Å²) in [5.41, 5.74) is -0.380. The van der Waals surface area contributed by atoms with Crippen molar-refractivity contribution in [1.29, 1.82) is 0 Å². The molecule has 156 valence electrons. The number of carbonyl (C=O) groups excluding carboxylic acids is 2. The third kappa shape index (κ3) is 4.07. The van der Waals surface area contributed by atoms with Crippen LogP contribution in [0.2, 0.25) is 0 Å². The molecule has 1 atom stereocenters. The van der Waals surface area contributed by atoms with Crippen LogP contribution in [0.1, 0.15) is 47.6 Å². The van der Waals surface area contributed by atoms with E-state index in [9.17, 15) is 9.59 Å². The molecule has 1 aromatic heterocycles. The number of nitrogens with zero attached hydrogens (tertiary/aromatic N) is 5. The second kappa shape index (κ2) is 7.25. The van der Waals surface area contributed by atoms with Crippen molar-refractivity contribution in [3.63, 3.8) is 0 Å². The average molecular weight is 393 g/mol. The average Bonchev–Trinajstić information content (AvgIpc) is 2.91. The van der Waals surface area contributed by atoms with E-state index in [1.165, 1.54) is 0 Å². The van der Waals surface area contributed by atoms with Crippen LogP contribution in [0.15, 0.2) is 6.33 Å². The quantitative estimate of drug-likeness (QED) is 0.708. The monoisotopic (exact) mass is 393 g/mol. The molecular formula is C19H31N5O4. The van der Waals surface area contributed by atoms with Crippen molar-refractivity contribution in [3.05, 3.63) is 6.33 Å². The maximum Gasteiger partial charge on any atom is 0.410 e. The Morgan fingerprint density at radius 1 is 1.21 bits per heavy atom. The summed E-state index contributed by atoms with van der Waals surface area (Å²) < 4.78 is 12.2. The van der Waals surface area contributed by atoms with E-state index >= 15 is 0 Å². The molecule has 2 aliphatic rings. The molecule has 1 aromatic rings. The highest BCUT2D eigenvalue weighted by atomic mass is 16.6. The highest BCUT2D eigenvalue weighted by Crippen LogP contribution is 2.41. The fourth-order valence-electron chi connectivity index (χ4n) is 3.78. The minimum atomic E-state index is -0.484. The van der Waals surface area contributed by atoms with Gasteiger partial charge in [-0.25, -0.2) is 19.3 Å². The fraction of sp³-hybridized carbons (Fsp3) is 0.789. The fourth-order valence-corrected chi connectivity index (χ4v) is 3.78. The molecule has 2 fully saturated rings. The predicted octanol–water partition coefficient (Wildman–Crippen LogP) is 2.10. The number of aromatic nitrogens is 3. The molecule has 2 saturated heterocycles. The molecule has 1 spiro atoms. The summed E-state index contributed by atoms with van der Waals surface area (Å²) >= 11 is 0. The van der Waals surface area contributed by atoms with Crippen molar-refractivity contribution in [3.8, 4) is 0 Å². The Labute approximate surface area is 166 Å². The van der Waals surface area contributed by atoms with Crippen molar-refractivity contribution in [2.24, 2.45) is 11.3 Å². The Morgan fingerprint density at radius 3 is 2.39 bits per heavy atom. The number of carbonyl (C=O) groups is 2. The van der Waals surface area contributed by atoms with Gasteiger partial charge in [-0.1, -0.05) is 13.8 Å². The SMILES string of the molecule is CCOC(=O)C(C(C)C)n1cnc(N2CC3(CN(C(=O)OC(C)(C)C)C3)C2)n1. The first kappa shape index (κ1) is 20.4. The van der Waals surface area contributed by atoms with Gasteiger partial charge in [0.25, 0.3) is 0 Å². The van der Waals surface area contributed by atoms with E-state index in [-0.39, 0.29) is 23.4 Å². The molecule has 0 bridgehead atoms. The number of hydrogen-bond donors (Lipinski definition) is 0. The van der Waals surface area contributed by atoms with E-state index in [1.807, 2.05) is 34.6 Å². The summed E-state index contributed by atoms with van der Waals surface area (Å²) in [6.45, 7) is 14.6. The molecule has 0 radical (unpaired) electrons. The highest BCUT2D eigenvalue weighted by Gasteiger charge is 2.54. The number of anilines is 1. The van der Waals surface area contributed by atoms with Gasteiger partial charge in [0.05, 0.1) is 6.61 Å². The van der Waals surface area contributed by atoms with Gasteiger partial charge in [0.1, 0.15) is 11.9 Å². The van der Waals surface area contributed by atoms with Crippen molar-refractivity contribution >= 4 is 18.0 Å². The van der Waals surface area contributed by atoms with E-state index < -0.39 is 11.6 Å². The molecule has 3 rings (SSSR count). The minimum absolute atomic E-state index is 0.0466. The van der Waals surface area contributed by atoms with Gasteiger partial charge >= 0.3 is 12.1 Å². The van der Waals surface area contributed by atoms with Crippen LogP contribution in [-0.4, -0.2) is 70.1 Å². The zero-order valence-corrected chi connectivity index (χ0v) is 17.6. The molecule has 0 aromatic carbocycles. The van der Waals surface area contributed by atoms with Crippen molar-refractivity contribution in [2.75, 3.05) is 37.7 Å². The summed E-state index contributed by atoms with van der Waals surface area (Å²) in [6.07, 6.45) is 1.34. The lowest BCUT2D eigenvalue weighted by molar-refractivity contribution is -0.149. The number of rotatable bonds is 5. The van der Waals surface area contributed by atoms with Crippen LogP contribution in [0.4, 0.5) is 10.7 Å². The van der Waals surface area contributed by atoms with Gasteiger partial charge in [0, 0.05) is 31.6 Å². The third-order valence-electron chi connectivity index (χ3n) is 4.98. The van der Waals surface area contributed by atoms with E-state index in [0.717, 1.165) is 13.1 Å². The number of ether oxygens (including phenoxy) is 2. The number of amides is 1. The first-order valence-corrected chi connectivity index (χ1v) is 9.84. The van der Waals surface area contributed by atoms with Gasteiger partial charge in [-0.15, -0.1) is 5.10 Å². The van der Waals surface area contributed by atoms with Crippen LogP contribution in [0.25, 0.3) is 0 Å². The molecular weight excluding hydrogens is 362 g/mol. The molecule has 0 aliphatic carbocycles. The Hall–Kier alpha value is -2.32. The first-order valence-electron chi connectivity index (χ1n) is 9.84. The first-order chi connectivity index (χ1) is 13.0. The standard InChI is InChI=1S/C19H31N5O4/c1-7-27-15(25)14(13(2)3)24-12-20-16(21-24)22-8-19(9-22)10-23(11-19)17(26)28-18(4,5)6/h12-14H,7-11H2,1-6H3. The molecule has 9 nitrogen and oxygen atoms in total. The van der Waals surface area contributed by atoms with Gasteiger partial charge in [0.15, 0.2) is 6.04 Å². The van der Waals surface area contributed by atoms with Crippen molar-refractivity contribution in [1.82, 2.24) is 19.7 Å². The number of esters is 1. The van der Waals surface area contributed by atoms with Gasteiger partial charge in [-0.3, -0.25) is 0 Å². The highest BCUT2D eigenvalue weighted by molar-refractivity contribution is 5.74. The van der Waals surface area contributed by atoms with E-state index in [1.54, 1.807) is 22.8 Å². The van der Waals surface area contributed by atoms with Gasteiger partial charge in [-0.05, 0) is 33.6 Å². The zero-order valence-electron chi connectivity index (χ0n) is 17.6. The molecule has 2 aliphatic heterocycles. The van der Waals surface area contributed by atoms with Crippen molar-refractivity contribution in [2.45, 2.75) is 53.2 Å². The van der Waals surface area contributed by atoms with Crippen LogP contribution in [0.3, 0.4) is 0 Å². The topological polar surface area (TPSA) is 89.8 Å². The normalized spacial score (nSPS) is 19.2. The van der Waals surface area contributed by atoms with Gasteiger partial charge in [-0.2, -0.15) is 0 Å². The Morgan fingerprint density at radius 2 is 1.86 bits per heavy atom. The molecule has 3 heterocycles. The van der Waals surface area contributed by atoms with E-state index in [4.69, 9.17) is 9.47 Å². The summed E-state index contributed by atoms with van der Waals surface area (Å²) in [4.78, 5) is 32.5. The maximum absolute atomic E-state index is 12.2. The maximum atomic E-state index is 12.2. The Kier molecular flexibility index (Phi) is 5.29. The zero-order chi connectivity index (χ0) is 20.7. The summed E-state index contributed by atoms with van der Waals surface area (Å²) in [7, 11) is 0. The molecule has 1 unspecified atom stereocenters. The Balaban J connectivity index is 1.55. The summed E-state index contributed by atoms with van der Waals surface area (Å²) in [5.74, 6) is 0.364. The van der Waals surface area contributed by atoms with E-state index in [0.29, 0.717) is 25.6 Å². The largest absolute Gasteiger partial charge is 0.464 e. The van der Waals surface area contributed by atoms with Crippen LogP contribution in [0, 0.1) is 11.3 Å². The smallest absolute Gasteiger partial charge is 0.410 e. The van der Waals surface area contributed by atoms with Crippen LogP contribution < -0.4 is 4.90 Å². The summed E-state index contributed by atoms with van der Waals surface area (Å²) in [6, 6.07) is -0.484. The second-order valence-electron chi connectivity index (χ2n) is 9.16. The second-order valence-corrected chi connectivity index (χ2v) is 9.16. The molecule has 0 saturated carbocycles. The summed E-state index contributed by atoms with van der Waals surface area (Å²) in [5, 5.41) is 4.51. The van der Waals surface area contributed by atoms with Crippen LogP contribution >= 0.6 is 0 Å². The lowest BCUT2D eigenvalue weighted by Gasteiger charge is -2.59. The van der Waals surface area contributed by atoms with Gasteiger partial charge in [0.2, 0.25) is 5.95 Å². The Bertz CT molecular complexity index is 725. The molecule has 28 heavy (non-hydrogen) atoms. The van der Waals surface area contributed by atoms with Crippen LogP contribution in [0.5, 0.6) is 0 Å². The minimum Gasteiger partial charge on any atom is -0.464 e. The van der Waals surface area contributed by atoms with Gasteiger partial charge < -0.3 is 19.3 Å². The number of hydrogen-bond acceptors (Lipinski definition) is 7. The van der Waals surface area contributed by atoms with Crippen LogP contribution in [-0.2, 0) is 14.3 Å². The lowest BCUT2D eigenvalue weighted by Crippen LogP contribution is -2.73. The molecule has 9 heteroatoms. The van der Waals surface area contributed by atoms with E-state index in [2.05, 4.69) is 15.0 Å². The predicted molar refractivity (Wildman–Crippen MR) is 103 cm³/mol. The third-order valence-corrected chi connectivity index (χ3v) is 4.98. The molecule has 0 N–H and O–H groups in total. The van der Waals surface area contributed by atoms with Crippen molar-refractivity contribution < 1.29 is 19.1 Å². The lowest BCUT2D eigenvalue weighted by atomic mass is 9.73.